The molecule has 1 aliphatic heterocycles. The minimum atomic E-state index is -0.272. The summed E-state index contributed by atoms with van der Waals surface area (Å²) in [7, 11) is 0. The number of benzene rings is 2. The number of amides is 1. The van der Waals surface area contributed by atoms with Gasteiger partial charge in [0.15, 0.2) is 0 Å². The quantitative estimate of drug-likeness (QED) is 0.656. The maximum absolute atomic E-state index is 13.3. The Hall–Kier alpha value is -2.31. The first-order chi connectivity index (χ1) is 14.0. The third-order valence-corrected chi connectivity index (χ3v) is 5.61. The molecule has 29 heavy (non-hydrogen) atoms. The Balaban J connectivity index is 1.51. The molecule has 1 aliphatic rings. The molecule has 0 atom stereocenters. The summed E-state index contributed by atoms with van der Waals surface area (Å²) in [5.74, 6) is -0.640. The highest BCUT2D eigenvalue weighted by molar-refractivity contribution is 5.75. The van der Waals surface area contributed by atoms with Gasteiger partial charge in [0.1, 0.15) is 11.6 Å². The Morgan fingerprint density at radius 3 is 1.79 bits per heavy atom. The number of halogens is 2. The summed E-state index contributed by atoms with van der Waals surface area (Å²) in [5.41, 5.74) is 7.37. The molecule has 1 fully saturated rings. The zero-order valence-electron chi connectivity index (χ0n) is 16.7. The molecule has 3 rings (SSSR count). The fourth-order valence-corrected chi connectivity index (χ4v) is 3.99. The standard InChI is InChI=1S/C23H29F2N3O/c24-20-8-4-18(5-9-20)22(19-6-10-21(25)11-7-19)3-1-2-12-27-13-15-28(16-14-27)17-23(26)29/h4-11,22H,1-3,12-17H2,(H2,26,29). The number of hydrogen-bond acceptors (Lipinski definition) is 3. The van der Waals surface area contributed by atoms with E-state index in [4.69, 9.17) is 5.73 Å². The van der Waals surface area contributed by atoms with Gasteiger partial charge in [-0.1, -0.05) is 30.7 Å². The number of piperazine rings is 1. The summed E-state index contributed by atoms with van der Waals surface area (Å²) >= 11 is 0. The molecule has 0 spiro atoms. The highest BCUT2D eigenvalue weighted by Gasteiger charge is 2.18. The van der Waals surface area contributed by atoms with E-state index in [2.05, 4.69) is 9.80 Å². The Kier molecular flexibility index (Phi) is 7.72. The number of primary amides is 1. The van der Waals surface area contributed by atoms with E-state index in [0.717, 1.165) is 63.1 Å². The van der Waals surface area contributed by atoms with Crippen molar-refractivity contribution in [1.29, 1.82) is 0 Å². The first kappa shape index (κ1) is 21.4. The summed E-state index contributed by atoms with van der Waals surface area (Å²) in [6.07, 6.45) is 3.02. The van der Waals surface area contributed by atoms with Crippen molar-refractivity contribution in [1.82, 2.24) is 9.80 Å². The van der Waals surface area contributed by atoms with E-state index in [1.807, 2.05) is 24.3 Å². The van der Waals surface area contributed by atoms with Gasteiger partial charge in [0.05, 0.1) is 6.54 Å². The highest BCUT2D eigenvalue weighted by atomic mass is 19.1. The minimum absolute atomic E-state index is 0.128. The van der Waals surface area contributed by atoms with E-state index < -0.39 is 0 Å². The molecule has 6 heteroatoms. The monoisotopic (exact) mass is 401 g/mol. The number of unbranched alkanes of at least 4 members (excludes halogenated alkanes) is 1. The highest BCUT2D eigenvalue weighted by Crippen LogP contribution is 2.30. The van der Waals surface area contributed by atoms with Crippen molar-refractivity contribution in [2.75, 3.05) is 39.3 Å². The van der Waals surface area contributed by atoms with Crippen LogP contribution in [0.5, 0.6) is 0 Å². The number of nitrogens with two attached hydrogens (primary N) is 1. The van der Waals surface area contributed by atoms with Crippen LogP contribution in [0.2, 0.25) is 0 Å². The molecule has 1 heterocycles. The van der Waals surface area contributed by atoms with Crippen molar-refractivity contribution in [3.63, 3.8) is 0 Å². The lowest BCUT2D eigenvalue weighted by molar-refractivity contribution is -0.119. The van der Waals surface area contributed by atoms with Crippen LogP contribution in [0.4, 0.5) is 8.78 Å². The molecule has 0 radical (unpaired) electrons. The lowest BCUT2D eigenvalue weighted by Crippen LogP contribution is -2.48. The van der Waals surface area contributed by atoms with Crippen LogP contribution in [-0.2, 0) is 4.79 Å². The third kappa shape index (κ3) is 6.61. The first-order valence-corrected chi connectivity index (χ1v) is 10.3. The molecule has 0 aliphatic carbocycles. The van der Waals surface area contributed by atoms with E-state index in [9.17, 15) is 13.6 Å². The first-order valence-electron chi connectivity index (χ1n) is 10.3. The lowest BCUT2D eigenvalue weighted by atomic mass is 9.87. The number of hydrogen-bond donors (Lipinski definition) is 1. The van der Waals surface area contributed by atoms with Gasteiger partial charge < -0.3 is 10.6 Å². The topological polar surface area (TPSA) is 49.6 Å². The molecule has 0 bridgehead atoms. The Morgan fingerprint density at radius 2 is 1.31 bits per heavy atom. The lowest BCUT2D eigenvalue weighted by Gasteiger charge is -2.34. The molecule has 1 amide bonds. The average Bonchev–Trinajstić information content (AvgIpc) is 2.71. The maximum Gasteiger partial charge on any atom is 0.231 e. The number of rotatable bonds is 9. The average molecular weight is 402 g/mol. The van der Waals surface area contributed by atoms with Crippen LogP contribution >= 0.6 is 0 Å². The Labute approximate surface area is 171 Å². The third-order valence-electron chi connectivity index (χ3n) is 5.61. The number of carbonyl (C=O) groups is 1. The van der Waals surface area contributed by atoms with Crippen LogP contribution in [0.3, 0.4) is 0 Å². The molecule has 2 N–H and O–H groups in total. The van der Waals surface area contributed by atoms with E-state index in [0.29, 0.717) is 6.54 Å². The largest absolute Gasteiger partial charge is 0.369 e. The Morgan fingerprint density at radius 1 is 0.828 bits per heavy atom. The second-order valence-electron chi connectivity index (χ2n) is 7.74. The zero-order valence-corrected chi connectivity index (χ0v) is 16.7. The number of nitrogens with zero attached hydrogens (tertiary/aromatic N) is 2. The fraction of sp³-hybridized carbons (Fsp3) is 0.435. The van der Waals surface area contributed by atoms with Crippen LogP contribution < -0.4 is 5.73 Å². The van der Waals surface area contributed by atoms with E-state index in [1.165, 1.54) is 24.3 Å². The molecule has 2 aromatic rings. The normalized spacial score (nSPS) is 15.7. The van der Waals surface area contributed by atoms with Gasteiger partial charge in [-0.25, -0.2) is 8.78 Å². The molecule has 2 aromatic carbocycles. The second kappa shape index (κ2) is 10.5. The van der Waals surface area contributed by atoms with Crippen LogP contribution in [0.15, 0.2) is 48.5 Å². The van der Waals surface area contributed by atoms with Crippen molar-refractivity contribution in [3.8, 4) is 0 Å². The number of carbonyl (C=O) groups excluding carboxylic acids is 1. The van der Waals surface area contributed by atoms with Gasteiger partial charge in [-0.3, -0.25) is 9.69 Å². The van der Waals surface area contributed by atoms with Crippen LogP contribution in [0.25, 0.3) is 0 Å². The summed E-state index contributed by atoms with van der Waals surface area (Å²) < 4.78 is 26.7. The van der Waals surface area contributed by atoms with Gasteiger partial charge in [0.2, 0.25) is 5.91 Å². The minimum Gasteiger partial charge on any atom is -0.369 e. The molecule has 4 nitrogen and oxygen atoms in total. The maximum atomic E-state index is 13.3. The summed E-state index contributed by atoms with van der Waals surface area (Å²) in [4.78, 5) is 15.5. The van der Waals surface area contributed by atoms with Gasteiger partial charge in [-0.2, -0.15) is 0 Å². The van der Waals surface area contributed by atoms with Crippen LogP contribution in [0.1, 0.15) is 36.3 Å². The molecule has 1 saturated heterocycles. The molecule has 156 valence electrons. The molecule has 0 unspecified atom stereocenters. The van der Waals surface area contributed by atoms with Crippen molar-refractivity contribution < 1.29 is 13.6 Å². The summed E-state index contributed by atoms with van der Waals surface area (Å²) in [5, 5.41) is 0. The molecule has 0 aromatic heterocycles. The molecular weight excluding hydrogens is 372 g/mol. The van der Waals surface area contributed by atoms with E-state index in [-0.39, 0.29) is 23.5 Å². The van der Waals surface area contributed by atoms with Crippen molar-refractivity contribution in [2.45, 2.75) is 25.2 Å². The van der Waals surface area contributed by atoms with E-state index in [1.54, 1.807) is 0 Å². The summed E-state index contributed by atoms with van der Waals surface area (Å²) in [6.45, 7) is 5.00. The van der Waals surface area contributed by atoms with E-state index >= 15 is 0 Å². The van der Waals surface area contributed by atoms with Crippen molar-refractivity contribution in [3.05, 3.63) is 71.3 Å². The zero-order chi connectivity index (χ0) is 20.6. The fourth-order valence-electron chi connectivity index (χ4n) is 3.99. The van der Waals surface area contributed by atoms with Crippen LogP contribution in [-0.4, -0.2) is 55.0 Å². The second-order valence-corrected chi connectivity index (χ2v) is 7.74. The predicted molar refractivity (Wildman–Crippen MR) is 111 cm³/mol. The van der Waals surface area contributed by atoms with Crippen molar-refractivity contribution >= 4 is 5.91 Å². The van der Waals surface area contributed by atoms with Gasteiger partial charge in [-0.05, 0) is 54.8 Å². The molecule has 0 saturated carbocycles. The molecular formula is C23H29F2N3O. The predicted octanol–water partition coefficient (Wildman–Crippen LogP) is 3.37. The van der Waals surface area contributed by atoms with Gasteiger partial charge in [0.25, 0.3) is 0 Å². The van der Waals surface area contributed by atoms with Crippen molar-refractivity contribution in [2.24, 2.45) is 5.73 Å². The van der Waals surface area contributed by atoms with Gasteiger partial charge in [-0.15, -0.1) is 0 Å². The Bertz CT molecular complexity index is 726. The summed E-state index contributed by atoms with van der Waals surface area (Å²) in [6, 6.07) is 13.2. The van der Waals surface area contributed by atoms with Gasteiger partial charge in [0, 0.05) is 32.1 Å². The SMILES string of the molecule is NC(=O)CN1CCN(CCCCC(c2ccc(F)cc2)c2ccc(F)cc2)CC1. The van der Waals surface area contributed by atoms with Crippen LogP contribution in [0, 0.1) is 11.6 Å². The van der Waals surface area contributed by atoms with Gasteiger partial charge >= 0.3 is 0 Å². The smallest absolute Gasteiger partial charge is 0.231 e.